The van der Waals surface area contributed by atoms with Gasteiger partial charge >= 0.3 is 0 Å². The molecule has 0 heterocycles. The molecule has 1 atom stereocenters. The minimum absolute atomic E-state index is 0.194. The summed E-state index contributed by atoms with van der Waals surface area (Å²) < 4.78 is 82.1. The van der Waals surface area contributed by atoms with Crippen molar-refractivity contribution >= 4 is 21.6 Å². The van der Waals surface area contributed by atoms with E-state index >= 15 is 0 Å². The van der Waals surface area contributed by atoms with Crippen molar-refractivity contribution in [1.29, 1.82) is 0 Å². The third-order valence-electron chi connectivity index (χ3n) is 5.20. The minimum Gasteiger partial charge on any atom is -0.319 e. The highest BCUT2D eigenvalue weighted by molar-refractivity contribution is 7.89. The predicted molar refractivity (Wildman–Crippen MR) is 102 cm³/mol. The molecule has 2 N–H and O–H groups in total. The zero-order valence-electron chi connectivity index (χ0n) is 16.0. The van der Waals surface area contributed by atoms with E-state index in [1.807, 2.05) is 5.32 Å². The summed E-state index contributed by atoms with van der Waals surface area (Å²) in [6.07, 6.45) is 3.86. The number of halogens is 4. The van der Waals surface area contributed by atoms with E-state index in [1.54, 1.807) is 6.92 Å². The number of sulfonamides is 1. The molecule has 2 aromatic rings. The smallest absolute Gasteiger partial charge is 0.258 e. The Balaban J connectivity index is 1.84. The summed E-state index contributed by atoms with van der Waals surface area (Å²) in [5.74, 6) is -6.20. The van der Waals surface area contributed by atoms with Gasteiger partial charge in [-0.3, -0.25) is 4.79 Å². The van der Waals surface area contributed by atoms with Gasteiger partial charge in [0.25, 0.3) is 5.91 Å². The SMILES string of the molecule is CC(NS(=O)(=O)c1ccc(F)c(C(=O)Nc2cc(F)c(F)cc2F)c1)C1CCCC1. The molecule has 5 nitrogen and oxygen atoms in total. The number of rotatable bonds is 6. The van der Waals surface area contributed by atoms with Crippen molar-refractivity contribution in [2.24, 2.45) is 5.92 Å². The number of carbonyl (C=O) groups excluding carboxylic acids is 1. The Kier molecular flexibility index (Phi) is 6.47. The van der Waals surface area contributed by atoms with Gasteiger partial charge in [0.1, 0.15) is 11.6 Å². The third-order valence-corrected chi connectivity index (χ3v) is 6.76. The first-order valence-corrected chi connectivity index (χ1v) is 10.8. The van der Waals surface area contributed by atoms with Crippen LogP contribution in [0.2, 0.25) is 0 Å². The summed E-state index contributed by atoms with van der Waals surface area (Å²) in [6.45, 7) is 1.75. The summed E-state index contributed by atoms with van der Waals surface area (Å²) in [7, 11) is -4.04. The summed E-state index contributed by atoms with van der Waals surface area (Å²) in [4.78, 5) is 12.0. The topological polar surface area (TPSA) is 75.3 Å². The van der Waals surface area contributed by atoms with Crippen LogP contribution in [0.1, 0.15) is 43.0 Å². The second-order valence-electron chi connectivity index (χ2n) is 7.30. The minimum atomic E-state index is -4.04. The number of anilines is 1. The molecule has 0 spiro atoms. The normalized spacial score (nSPS) is 15.9. The summed E-state index contributed by atoms with van der Waals surface area (Å²) in [6, 6.07) is 2.92. The van der Waals surface area contributed by atoms with Gasteiger partial charge in [-0.2, -0.15) is 0 Å². The fourth-order valence-electron chi connectivity index (χ4n) is 3.52. The van der Waals surface area contributed by atoms with Gasteiger partial charge in [-0.05, 0) is 43.9 Å². The Morgan fingerprint density at radius 3 is 2.27 bits per heavy atom. The Morgan fingerprint density at radius 1 is 0.967 bits per heavy atom. The van der Waals surface area contributed by atoms with E-state index in [2.05, 4.69) is 4.72 Å². The summed E-state index contributed by atoms with van der Waals surface area (Å²) in [5.41, 5.74) is -1.39. The lowest BCUT2D eigenvalue weighted by atomic mass is 10.0. The Hall–Kier alpha value is -2.46. The molecule has 1 saturated carbocycles. The van der Waals surface area contributed by atoms with Crippen molar-refractivity contribution in [3.05, 3.63) is 59.2 Å². The Bertz CT molecular complexity index is 1070. The monoisotopic (exact) mass is 444 g/mol. The molecule has 0 aliphatic heterocycles. The first-order valence-electron chi connectivity index (χ1n) is 9.36. The highest BCUT2D eigenvalue weighted by Gasteiger charge is 2.27. The lowest BCUT2D eigenvalue weighted by molar-refractivity contribution is 0.102. The number of hydrogen-bond acceptors (Lipinski definition) is 3. The molecule has 2 aromatic carbocycles. The molecule has 1 fully saturated rings. The number of benzene rings is 2. The molecular formula is C20H20F4N2O3S. The maximum atomic E-state index is 14.2. The van der Waals surface area contributed by atoms with Crippen LogP contribution < -0.4 is 10.0 Å². The molecule has 1 aliphatic rings. The molecule has 3 rings (SSSR count). The van der Waals surface area contributed by atoms with E-state index in [0.29, 0.717) is 6.07 Å². The van der Waals surface area contributed by atoms with Gasteiger partial charge in [0.15, 0.2) is 11.6 Å². The van der Waals surface area contributed by atoms with E-state index in [4.69, 9.17) is 0 Å². The van der Waals surface area contributed by atoms with Crippen LogP contribution in [0.15, 0.2) is 35.2 Å². The fourth-order valence-corrected chi connectivity index (χ4v) is 4.86. The molecular weight excluding hydrogens is 424 g/mol. The maximum absolute atomic E-state index is 14.2. The fraction of sp³-hybridized carbons (Fsp3) is 0.350. The van der Waals surface area contributed by atoms with Crippen LogP contribution in [0, 0.1) is 29.2 Å². The zero-order valence-corrected chi connectivity index (χ0v) is 16.8. The van der Waals surface area contributed by atoms with Crippen molar-refractivity contribution in [1.82, 2.24) is 4.72 Å². The molecule has 10 heteroatoms. The van der Waals surface area contributed by atoms with Gasteiger partial charge in [-0.15, -0.1) is 0 Å². The molecule has 0 saturated heterocycles. The lowest BCUT2D eigenvalue weighted by Gasteiger charge is -2.20. The van der Waals surface area contributed by atoms with Crippen molar-refractivity contribution < 1.29 is 30.8 Å². The van der Waals surface area contributed by atoms with E-state index < -0.39 is 50.5 Å². The van der Waals surface area contributed by atoms with Crippen molar-refractivity contribution in [2.75, 3.05) is 5.32 Å². The average molecular weight is 444 g/mol. The number of amides is 1. The maximum Gasteiger partial charge on any atom is 0.258 e. The van der Waals surface area contributed by atoms with Gasteiger partial charge in [0, 0.05) is 18.2 Å². The largest absolute Gasteiger partial charge is 0.319 e. The molecule has 0 radical (unpaired) electrons. The summed E-state index contributed by atoms with van der Waals surface area (Å²) >= 11 is 0. The molecule has 0 bridgehead atoms. The van der Waals surface area contributed by atoms with Crippen LogP contribution >= 0.6 is 0 Å². The molecule has 1 unspecified atom stereocenters. The van der Waals surface area contributed by atoms with Crippen molar-refractivity contribution in [3.8, 4) is 0 Å². The highest BCUT2D eigenvalue weighted by Crippen LogP contribution is 2.28. The van der Waals surface area contributed by atoms with Gasteiger partial charge in [0.2, 0.25) is 10.0 Å². The average Bonchev–Trinajstić information content (AvgIpc) is 3.21. The number of hydrogen-bond donors (Lipinski definition) is 2. The van der Waals surface area contributed by atoms with Crippen LogP contribution in [-0.2, 0) is 10.0 Å². The second-order valence-corrected chi connectivity index (χ2v) is 9.01. The van der Waals surface area contributed by atoms with Crippen LogP contribution in [0.4, 0.5) is 23.2 Å². The zero-order chi connectivity index (χ0) is 22.1. The van der Waals surface area contributed by atoms with Gasteiger partial charge in [-0.25, -0.2) is 30.7 Å². The molecule has 0 aromatic heterocycles. The molecule has 1 amide bonds. The first-order chi connectivity index (χ1) is 14.1. The standard InChI is InChI=1S/C20H20F4N2O3S/c1-11(12-4-2-3-5-12)26-30(28,29)13-6-7-15(21)14(8-13)20(27)25-19-10-17(23)16(22)9-18(19)24/h6-12,26H,2-5H2,1H3,(H,25,27). The van der Waals surface area contributed by atoms with Crippen molar-refractivity contribution in [3.63, 3.8) is 0 Å². The predicted octanol–water partition coefficient (Wildman–Crippen LogP) is 4.35. The van der Waals surface area contributed by atoms with Crippen molar-refractivity contribution in [2.45, 2.75) is 43.5 Å². The number of carbonyl (C=O) groups is 1. The Morgan fingerprint density at radius 2 is 1.60 bits per heavy atom. The molecule has 1 aliphatic carbocycles. The summed E-state index contributed by atoms with van der Waals surface area (Å²) in [5, 5.41) is 1.92. The molecule has 30 heavy (non-hydrogen) atoms. The van der Waals surface area contributed by atoms with E-state index in [0.717, 1.165) is 43.9 Å². The van der Waals surface area contributed by atoms with Crippen LogP contribution in [0.3, 0.4) is 0 Å². The first kappa shape index (κ1) is 22.2. The van der Waals surface area contributed by atoms with E-state index in [9.17, 15) is 30.8 Å². The molecule has 162 valence electrons. The van der Waals surface area contributed by atoms with E-state index in [1.165, 1.54) is 0 Å². The van der Waals surface area contributed by atoms with Gasteiger partial charge in [-0.1, -0.05) is 12.8 Å². The highest BCUT2D eigenvalue weighted by atomic mass is 32.2. The van der Waals surface area contributed by atoms with E-state index in [-0.39, 0.29) is 22.9 Å². The van der Waals surface area contributed by atoms with Crippen LogP contribution in [0.5, 0.6) is 0 Å². The number of nitrogens with one attached hydrogen (secondary N) is 2. The third kappa shape index (κ3) is 4.81. The van der Waals surface area contributed by atoms with Crippen LogP contribution in [0.25, 0.3) is 0 Å². The second kappa shape index (κ2) is 8.73. The Labute approximate surface area is 171 Å². The van der Waals surface area contributed by atoms with Crippen LogP contribution in [-0.4, -0.2) is 20.4 Å². The van der Waals surface area contributed by atoms with Gasteiger partial charge in [0.05, 0.1) is 16.1 Å². The van der Waals surface area contributed by atoms with Gasteiger partial charge < -0.3 is 5.32 Å². The lowest BCUT2D eigenvalue weighted by Crippen LogP contribution is -2.37. The quantitative estimate of drug-likeness (QED) is 0.514.